The van der Waals surface area contributed by atoms with Crippen LogP contribution in [0.25, 0.3) is 0 Å². The standard InChI is InChI=1S/C16H17N5O4S/c1-9-5-6-10(2)12(7-9)24-8-13-17-18-16(25-13)26-15-14(21(22)23)11(3)19-20(15)4/h5-7H,8H2,1-4H3. The number of ether oxygens (including phenoxy) is 1. The van der Waals surface area contributed by atoms with Crippen molar-refractivity contribution in [2.75, 3.05) is 0 Å². The minimum Gasteiger partial charge on any atom is -0.484 e. The van der Waals surface area contributed by atoms with E-state index in [4.69, 9.17) is 9.15 Å². The summed E-state index contributed by atoms with van der Waals surface area (Å²) in [6.45, 7) is 5.63. The first kappa shape index (κ1) is 17.9. The van der Waals surface area contributed by atoms with Gasteiger partial charge in [-0.05, 0) is 49.7 Å². The second kappa shape index (κ2) is 7.16. The molecule has 0 unspecified atom stereocenters. The molecule has 0 spiro atoms. The van der Waals surface area contributed by atoms with Crippen molar-refractivity contribution in [3.63, 3.8) is 0 Å². The molecule has 0 saturated heterocycles. The molecule has 0 saturated carbocycles. The Morgan fingerprint density at radius 3 is 2.81 bits per heavy atom. The van der Waals surface area contributed by atoms with Gasteiger partial charge in [-0.2, -0.15) is 5.10 Å². The maximum absolute atomic E-state index is 11.2. The SMILES string of the molecule is Cc1ccc(C)c(OCc2nnc(Sc3c([N+](=O)[O-])c(C)nn3C)o2)c1. The van der Waals surface area contributed by atoms with Gasteiger partial charge in [-0.3, -0.25) is 14.8 Å². The zero-order valence-corrected chi connectivity index (χ0v) is 15.5. The second-order valence-corrected chi connectivity index (χ2v) is 6.68. The van der Waals surface area contributed by atoms with E-state index in [1.54, 1.807) is 14.0 Å². The molecule has 0 atom stereocenters. The molecule has 26 heavy (non-hydrogen) atoms. The van der Waals surface area contributed by atoms with Crippen molar-refractivity contribution in [2.45, 2.75) is 37.6 Å². The Kier molecular flexibility index (Phi) is 4.94. The second-order valence-electron chi connectivity index (χ2n) is 5.74. The highest BCUT2D eigenvalue weighted by Crippen LogP contribution is 2.35. The summed E-state index contributed by atoms with van der Waals surface area (Å²) >= 11 is 1.00. The molecule has 0 amide bonds. The van der Waals surface area contributed by atoms with Crippen molar-refractivity contribution in [1.29, 1.82) is 0 Å². The van der Waals surface area contributed by atoms with E-state index in [0.29, 0.717) is 10.7 Å². The lowest BCUT2D eigenvalue weighted by Gasteiger charge is -2.07. The number of benzene rings is 1. The van der Waals surface area contributed by atoms with Crippen LogP contribution in [0.5, 0.6) is 5.75 Å². The zero-order valence-electron chi connectivity index (χ0n) is 14.7. The third kappa shape index (κ3) is 3.69. The van der Waals surface area contributed by atoms with Gasteiger partial charge >= 0.3 is 5.69 Å². The fourth-order valence-corrected chi connectivity index (χ4v) is 3.25. The van der Waals surface area contributed by atoms with Gasteiger partial charge in [0.15, 0.2) is 11.6 Å². The summed E-state index contributed by atoms with van der Waals surface area (Å²) in [7, 11) is 1.63. The van der Waals surface area contributed by atoms with E-state index in [0.717, 1.165) is 28.6 Å². The van der Waals surface area contributed by atoms with Crippen LogP contribution in [0.4, 0.5) is 5.69 Å². The predicted molar refractivity (Wildman–Crippen MR) is 93.3 cm³/mol. The minimum atomic E-state index is -0.467. The molecule has 3 rings (SSSR count). The van der Waals surface area contributed by atoms with Crippen LogP contribution in [0.3, 0.4) is 0 Å². The van der Waals surface area contributed by atoms with Crippen LogP contribution in [0, 0.1) is 30.9 Å². The average Bonchev–Trinajstić information content (AvgIpc) is 3.13. The largest absolute Gasteiger partial charge is 0.484 e. The summed E-state index contributed by atoms with van der Waals surface area (Å²) in [6, 6.07) is 5.92. The summed E-state index contributed by atoms with van der Waals surface area (Å²) in [5.41, 5.74) is 2.36. The van der Waals surface area contributed by atoms with E-state index in [2.05, 4.69) is 15.3 Å². The topological polar surface area (TPSA) is 109 Å². The fourth-order valence-electron chi connectivity index (χ4n) is 2.37. The number of hydrogen-bond acceptors (Lipinski definition) is 8. The Morgan fingerprint density at radius 1 is 1.31 bits per heavy atom. The van der Waals surface area contributed by atoms with Crippen LogP contribution in [-0.4, -0.2) is 24.9 Å². The molecule has 0 aliphatic rings. The highest BCUT2D eigenvalue weighted by atomic mass is 32.2. The van der Waals surface area contributed by atoms with Crippen LogP contribution in [0.15, 0.2) is 32.9 Å². The molecular weight excluding hydrogens is 358 g/mol. The number of nitro groups is 1. The number of rotatable bonds is 6. The maximum Gasteiger partial charge on any atom is 0.324 e. The summed E-state index contributed by atoms with van der Waals surface area (Å²) in [6.07, 6.45) is 0. The lowest BCUT2D eigenvalue weighted by molar-refractivity contribution is -0.388. The van der Waals surface area contributed by atoms with Crippen molar-refractivity contribution in [3.8, 4) is 5.75 Å². The predicted octanol–water partition coefficient (Wildman–Crippen LogP) is 3.37. The highest BCUT2D eigenvalue weighted by molar-refractivity contribution is 7.99. The molecule has 0 fully saturated rings. The van der Waals surface area contributed by atoms with Crippen molar-refractivity contribution in [2.24, 2.45) is 7.05 Å². The minimum absolute atomic E-state index is 0.0658. The molecule has 0 radical (unpaired) electrons. The van der Waals surface area contributed by atoms with Gasteiger partial charge in [0.2, 0.25) is 0 Å². The normalized spacial score (nSPS) is 10.9. The Bertz CT molecular complexity index is 966. The van der Waals surface area contributed by atoms with E-state index >= 15 is 0 Å². The fraction of sp³-hybridized carbons (Fsp3) is 0.312. The maximum atomic E-state index is 11.2. The molecule has 136 valence electrons. The summed E-state index contributed by atoms with van der Waals surface area (Å²) in [4.78, 5) is 10.8. The highest BCUT2D eigenvalue weighted by Gasteiger charge is 2.26. The lowest BCUT2D eigenvalue weighted by atomic mass is 10.1. The van der Waals surface area contributed by atoms with Gasteiger partial charge in [0, 0.05) is 7.05 Å². The molecule has 10 heteroatoms. The van der Waals surface area contributed by atoms with Gasteiger partial charge in [-0.25, -0.2) is 0 Å². The van der Waals surface area contributed by atoms with Crippen LogP contribution < -0.4 is 4.74 Å². The van der Waals surface area contributed by atoms with Crippen molar-refractivity contribution in [1.82, 2.24) is 20.0 Å². The number of aromatic nitrogens is 4. The Labute approximate surface area is 153 Å². The van der Waals surface area contributed by atoms with Crippen molar-refractivity contribution in [3.05, 3.63) is 51.0 Å². The van der Waals surface area contributed by atoms with Crippen molar-refractivity contribution >= 4 is 17.4 Å². The molecule has 3 aromatic rings. The Balaban J connectivity index is 1.73. The first-order chi connectivity index (χ1) is 12.3. The summed E-state index contributed by atoms with van der Waals surface area (Å²) < 4.78 is 12.7. The summed E-state index contributed by atoms with van der Waals surface area (Å²) in [5, 5.41) is 23.7. The Hall–Kier alpha value is -2.88. The van der Waals surface area contributed by atoms with Crippen LogP contribution >= 0.6 is 11.8 Å². The molecule has 2 aromatic heterocycles. The van der Waals surface area contributed by atoms with Gasteiger partial charge in [0.1, 0.15) is 11.4 Å². The summed E-state index contributed by atoms with van der Waals surface area (Å²) in [5.74, 6) is 1.03. The molecule has 1 aromatic carbocycles. The lowest BCUT2D eigenvalue weighted by Crippen LogP contribution is -1.97. The number of hydrogen-bond donors (Lipinski definition) is 0. The third-order valence-corrected chi connectivity index (χ3v) is 4.64. The number of nitrogens with zero attached hydrogens (tertiary/aromatic N) is 5. The van der Waals surface area contributed by atoms with Gasteiger partial charge in [-0.1, -0.05) is 12.1 Å². The van der Waals surface area contributed by atoms with E-state index < -0.39 is 4.92 Å². The van der Waals surface area contributed by atoms with Crippen LogP contribution in [-0.2, 0) is 13.7 Å². The third-order valence-electron chi connectivity index (χ3n) is 3.65. The van der Waals surface area contributed by atoms with Gasteiger partial charge < -0.3 is 9.15 Å². The number of aryl methyl sites for hydroxylation is 4. The molecule has 0 aliphatic carbocycles. The van der Waals surface area contributed by atoms with Gasteiger partial charge in [-0.15, -0.1) is 10.2 Å². The average molecular weight is 375 g/mol. The smallest absolute Gasteiger partial charge is 0.324 e. The quantitative estimate of drug-likeness (QED) is 0.476. The van der Waals surface area contributed by atoms with E-state index in [1.165, 1.54) is 4.68 Å². The first-order valence-electron chi connectivity index (χ1n) is 7.73. The van der Waals surface area contributed by atoms with Gasteiger partial charge in [0.05, 0.1) is 4.92 Å². The van der Waals surface area contributed by atoms with E-state index in [1.807, 2.05) is 32.0 Å². The molecule has 0 N–H and O–H groups in total. The van der Waals surface area contributed by atoms with Crippen LogP contribution in [0.1, 0.15) is 22.7 Å². The van der Waals surface area contributed by atoms with Crippen molar-refractivity contribution < 1.29 is 14.1 Å². The van der Waals surface area contributed by atoms with E-state index in [9.17, 15) is 10.1 Å². The molecule has 2 heterocycles. The Morgan fingerprint density at radius 2 is 2.08 bits per heavy atom. The monoisotopic (exact) mass is 375 g/mol. The molecule has 0 aliphatic heterocycles. The van der Waals surface area contributed by atoms with Gasteiger partial charge in [0.25, 0.3) is 11.1 Å². The first-order valence-corrected chi connectivity index (χ1v) is 8.55. The molecule has 9 nitrogen and oxygen atoms in total. The molecule has 0 bridgehead atoms. The zero-order chi connectivity index (χ0) is 18.8. The van der Waals surface area contributed by atoms with Crippen LogP contribution in [0.2, 0.25) is 0 Å². The molecular formula is C16H17N5O4S. The van der Waals surface area contributed by atoms with E-state index in [-0.39, 0.29) is 23.4 Å².